The average molecular weight is 267 g/mol. The fourth-order valence-electron chi connectivity index (χ4n) is 3.01. The number of hydrogen-bond donors (Lipinski definition) is 1. The molecule has 18 heavy (non-hydrogen) atoms. The molecule has 2 atom stereocenters. The van der Waals surface area contributed by atoms with Crippen molar-refractivity contribution in [3.05, 3.63) is 21.9 Å². The van der Waals surface area contributed by atoms with Gasteiger partial charge in [-0.3, -0.25) is 4.90 Å². The fraction of sp³-hybridized carbons (Fsp3) is 0.733. The van der Waals surface area contributed by atoms with Gasteiger partial charge in [0.2, 0.25) is 0 Å². The van der Waals surface area contributed by atoms with Crippen LogP contribution in [0.1, 0.15) is 56.1 Å². The lowest BCUT2D eigenvalue weighted by Gasteiger charge is -2.46. The van der Waals surface area contributed by atoms with Crippen molar-refractivity contribution in [3.63, 3.8) is 0 Å². The Hall–Kier alpha value is -0.380. The highest BCUT2D eigenvalue weighted by Gasteiger charge is 2.39. The van der Waals surface area contributed by atoms with Crippen LogP contribution in [0, 0.1) is 6.92 Å². The smallest absolute Gasteiger partial charge is 0.0981 e. The van der Waals surface area contributed by atoms with Crippen LogP contribution < -0.4 is 0 Å². The highest BCUT2D eigenvalue weighted by Crippen LogP contribution is 2.38. The second-order valence-corrected chi connectivity index (χ2v) is 6.71. The molecule has 1 aromatic heterocycles. The minimum atomic E-state index is -0.369. The second-order valence-electron chi connectivity index (χ2n) is 5.59. The van der Waals surface area contributed by atoms with Crippen molar-refractivity contribution >= 4 is 11.3 Å². The van der Waals surface area contributed by atoms with Gasteiger partial charge in [-0.15, -0.1) is 11.3 Å². The van der Waals surface area contributed by atoms with Crippen LogP contribution in [0.25, 0.3) is 0 Å². The van der Waals surface area contributed by atoms with Crippen LogP contribution in [-0.4, -0.2) is 28.6 Å². The molecule has 0 aliphatic carbocycles. The molecular weight excluding hydrogens is 242 g/mol. The normalized spacial score (nSPS) is 22.7. The number of aliphatic hydroxyl groups is 1. The molecule has 1 aromatic rings. The van der Waals surface area contributed by atoms with E-state index in [4.69, 9.17) is 0 Å². The van der Waals surface area contributed by atoms with Crippen molar-refractivity contribution in [2.45, 2.75) is 58.1 Å². The molecule has 0 bridgehead atoms. The monoisotopic (exact) mass is 267 g/mol. The molecule has 0 saturated carbocycles. The van der Waals surface area contributed by atoms with Crippen LogP contribution in [0.15, 0.2) is 11.4 Å². The lowest BCUT2D eigenvalue weighted by Crippen LogP contribution is -2.52. The van der Waals surface area contributed by atoms with E-state index in [0.29, 0.717) is 0 Å². The van der Waals surface area contributed by atoms with Gasteiger partial charge in [-0.05, 0) is 63.2 Å². The molecule has 2 rings (SSSR count). The Kier molecular flexibility index (Phi) is 4.46. The molecule has 2 unspecified atom stereocenters. The summed E-state index contributed by atoms with van der Waals surface area (Å²) in [6.45, 7) is 8.78. The molecule has 0 spiro atoms. The second kappa shape index (κ2) is 5.72. The number of aliphatic hydroxyl groups excluding tert-OH is 1. The lowest BCUT2D eigenvalue weighted by molar-refractivity contribution is -0.0352. The molecule has 1 fully saturated rings. The van der Waals surface area contributed by atoms with Crippen LogP contribution >= 0.6 is 11.3 Å². The number of likely N-dealkylation sites (tertiary alicyclic amines) is 1. The minimum Gasteiger partial charge on any atom is -0.386 e. The van der Waals surface area contributed by atoms with Crippen molar-refractivity contribution in [1.82, 2.24) is 4.90 Å². The Labute approximate surface area is 115 Å². The van der Waals surface area contributed by atoms with Crippen LogP contribution in [0.4, 0.5) is 0 Å². The average Bonchev–Trinajstić information content (AvgIpc) is 2.84. The van der Waals surface area contributed by atoms with Gasteiger partial charge >= 0.3 is 0 Å². The first-order valence-corrected chi connectivity index (χ1v) is 7.94. The third-order valence-corrected chi connectivity index (χ3v) is 5.44. The van der Waals surface area contributed by atoms with Gasteiger partial charge in [0, 0.05) is 10.4 Å². The summed E-state index contributed by atoms with van der Waals surface area (Å²) < 4.78 is 0. The first kappa shape index (κ1) is 14.0. The molecular formula is C15H25NOS. The van der Waals surface area contributed by atoms with E-state index < -0.39 is 0 Å². The summed E-state index contributed by atoms with van der Waals surface area (Å²) in [5.74, 6) is 0. The Morgan fingerprint density at radius 3 is 2.56 bits per heavy atom. The summed E-state index contributed by atoms with van der Waals surface area (Å²) in [4.78, 5) is 3.75. The van der Waals surface area contributed by atoms with Gasteiger partial charge in [0.1, 0.15) is 0 Å². The van der Waals surface area contributed by atoms with E-state index in [1.54, 1.807) is 11.3 Å². The Balaban J connectivity index is 2.22. The molecule has 1 aliphatic heterocycles. The van der Waals surface area contributed by atoms with Crippen LogP contribution in [-0.2, 0) is 0 Å². The highest BCUT2D eigenvalue weighted by molar-refractivity contribution is 7.10. The maximum atomic E-state index is 10.8. The van der Waals surface area contributed by atoms with Gasteiger partial charge < -0.3 is 5.11 Å². The molecule has 2 nitrogen and oxygen atoms in total. The summed E-state index contributed by atoms with van der Waals surface area (Å²) >= 11 is 1.73. The first-order valence-electron chi connectivity index (χ1n) is 7.06. The summed E-state index contributed by atoms with van der Waals surface area (Å²) in [5, 5.41) is 12.9. The van der Waals surface area contributed by atoms with Crippen LogP contribution in [0.2, 0.25) is 0 Å². The van der Waals surface area contributed by atoms with Crippen LogP contribution in [0.3, 0.4) is 0 Å². The zero-order valence-corrected chi connectivity index (χ0v) is 12.6. The minimum absolute atomic E-state index is 0.119. The van der Waals surface area contributed by atoms with Gasteiger partial charge in [-0.2, -0.15) is 0 Å². The molecule has 0 amide bonds. The van der Waals surface area contributed by atoms with Crippen molar-refractivity contribution in [3.8, 4) is 0 Å². The molecule has 2 heterocycles. The number of aryl methyl sites for hydroxylation is 1. The SMILES string of the molecule is CCC(C)(C(O)c1ccsc1C)N1CCCCC1. The molecule has 0 aromatic carbocycles. The van der Waals surface area contributed by atoms with Gasteiger partial charge in [0.05, 0.1) is 6.10 Å². The molecule has 3 heteroatoms. The van der Waals surface area contributed by atoms with E-state index in [2.05, 4.69) is 37.1 Å². The predicted molar refractivity (Wildman–Crippen MR) is 78.1 cm³/mol. The number of hydrogen-bond acceptors (Lipinski definition) is 3. The first-order chi connectivity index (χ1) is 8.59. The van der Waals surface area contributed by atoms with E-state index in [1.165, 1.54) is 24.1 Å². The molecule has 0 radical (unpaired) electrons. The topological polar surface area (TPSA) is 23.5 Å². The van der Waals surface area contributed by atoms with Gasteiger partial charge in [-0.1, -0.05) is 13.3 Å². The molecule has 1 aliphatic rings. The maximum absolute atomic E-state index is 10.8. The summed E-state index contributed by atoms with van der Waals surface area (Å²) in [5.41, 5.74) is 1.00. The summed E-state index contributed by atoms with van der Waals surface area (Å²) in [6, 6.07) is 2.09. The largest absolute Gasteiger partial charge is 0.386 e. The third kappa shape index (κ3) is 2.49. The summed E-state index contributed by atoms with van der Waals surface area (Å²) in [7, 11) is 0. The number of thiophene rings is 1. The van der Waals surface area contributed by atoms with Gasteiger partial charge in [-0.25, -0.2) is 0 Å². The number of piperidine rings is 1. The van der Waals surface area contributed by atoms with E-state index in [1.807, 2.05) is 0 Å². The zero-order chi connectivity index (χ0) is 13.2. The molecule has 1 saturated heterocycles. The number of nitrogens with zero attached hydrogens (tertiary/aromatic N) is 1. The van der Waals surface area contributed by atoms with Crippen molar-refractivity contribution < 1.29 is 5.11 Å². The lowest BCUT2D eigenvalue weighted by atomic mass is 9.84. The van der Waals surface area contributed by atoms with Crippen molar-refractivity contribution in [2.24, 2.45) is 0 Å². The molecule has 1 N–H and O–H groups in total. The quantitative estimate of drug-likeness (QED) is 0.898. The molecule has 102 valence electrons. The third-order valence-electron chi connectivity index (χ3n) is 4.58. The highest BCUT2D eigenvalue weighted by atomic mass is 32.1. The van der Waals surface area contributed by atoms with Crippen molar-refractivity contribution in [2.75, 3.05) is 13.1 Å². The van der Waals surface area contributed by atoms with E-state index in [9.17, 15) is 5.11 Å². The van der Waals surface area contributed by atoms with Gasteiger partial charge in [0.15, 0.2) is 0 Å². The van der Waals surface area contributed by atoms with Gasteiger partial charge in [0.25, 0.3) is 0 Å². The number of rotatable bonds is 4. The van der Waals surface area contributed by atoms with Crippen molar-refractivity contribution in [1.29, 1.82) is 0 Å². The maximum Gasteiger partial charge on any atom is 0.0981 e. The predicted octanol–water partition coefficient (Wildman–Crippen LogP) is 3.74. The standard InChI is InChI=1S/C15H25NOS/c1-4-15(3,16-9-6-5-7-10-16)14(17)13-8-11-18-12(13)2/h8,11,14,17H,4-7,9-10H2,1-3H3. The van der Waals surface area contributed by atoms with E-state index in [-0.39, 0.29) is 11.6 Å². The fourth-order valence-corrected chi connectivity index (χ4v) is 3.74. The van der Waals surface area contributed by atoms with Crippen LogP contribution in [0.5, 0.6) is 0 Å². The Bertz CT molecular complexity index is 384. The Morgan fingerprint density at radius 2 is 2.06 bits per heavy atom. The zero-order valence-electron chi connectivity index (χ0n) is 11.8. The van der Waals surface area contributed by atoms with E-state index in [0.717, 1.165) is 25.1 Å². The Morgan fingerprint density at radius 1 is 1.39 bits per heavy atom. The van der Waals surface area contributed by atoms with E-state index >= 15 is 0 Å². The summed E-state index contributed by atoms with van der Waals surface area (Å²) in [6.07, 6.45) is 4.50.